The largest absolute Gasteiger partial charge is 0.368 e. The Morgan fingerprint density at radius 3 is 2.52 bits per heavy atom. The van der Waals surface area contributed by atoms with Crippen molar-refractivity contribution in [1.29, 1.82) is 0 Å². The molecule has 2 N–H and O–H groups in total. The van der Waals surface area contributed by atoms with Crippen LogP contribution in [0.4, 0.5) is 4.79 Å². The Hall–Kier alpha value is -1.30. The molecule has 0 aromatic heterocycles. The van der Waals surface area contributed by atoms with Crippen LogP contribution in [0, 0.1) is 6.42 Å². The predicted molar refractivity (Wildman–Crippen MR) is 79.4 cm³/mol. The molecular formula is C15H25N4O2. The standard InChI is InChI=1S/C15H25N4O2/c1-11(2)17-8-4-12(5-9-17)18-10-15(13(16)20)6-3-7-19(15)14(18)21/h6,11-12H,3-5,7-10H2,1-2H3,(H2,16,20)/t15-/m1/s1. The maximum atomic E-state index is 12.6. The summed E-state index contributed by atoms with van der Waals surface area (Å²) in [6, 6.07) is 0.780. The van der Waals surface area contributed by atoms with Gasteiger partial charge < -0.3 is 20.4 Å². The number of nitrogens with zero attached hydrogens (tertiary/aromatic N) is 3. The monoisotopic (exact) mass is 293 g/mol. The van der Waals surface area contributed by atoms with Crippen molar-refractivity contribution in [1.82, 2.24) is 14.7 Å². The van der Waals surface area contributed by atoms with E-state index in [0.29, 0.717) is 19.1 Å². The number of primary amides is 1. The second-order valence-electron chi connectivity index (χ2n) is 6.70. The fraction of sp³-hybridized carbons (Fsp3) is 0.800. The number of rotatable bonds is 3. The average molecular weight is 293 g/mol. The Kier molecular flexibility index (Phi) is 3.59. The molecule has 6 nitrogen and oxygen atoms in total. The van der Waals surface area contributed by atoms with Crippen LogP contribution in [0.25, 0.3) is 0 Å². The molecule has 1 atom stereocenters. The first kappa shape index (κ1) is 14.6. The van der Waals surface area contributed by atoms with Crippen LogP contribution in [0.1, 0.15) is 33.1 Å². The van der Waals surface area contributed by atoms with Gasteiger partial charge in [0.1, 0.15) is 5.54 Å². The highest BCUT2D eigenvalue weighted by Crippen LogP contribution is 2.38. The molecule has 3 amide bonds. The fourth-order valence-electron chi connectivity index (χ4n) is 3.95. The summed E-state index contributed by atoms with van der Waals surface area (Å²) in [7, 11) is 0. The molecule has 3 heterocycles. The van der Waals surface area contributed by atoms with Crippen molar-refractivity contribution in [2.75, 3.05) is 26.2 Å². The van der Waals surface area contributed by atoms with Gasteiger partial charge in [-0.3, -0.25) is 4.79 Å². The van der Waals surface area contributed by atoms with Crippen LogP contribution in [0.5, 0.6) is 0 Å². The molecule has 3 fully saturated rings. The maximum Gasteiger partial charge on any atom is 0.321 e. The summed E-state index contributed by atoms with van der Waals surface area (Å²) in [5.41, 5.74) is 4.74. The van der Waals surface area contributed by atoms with Gasteiger partial charge in [0.15, 0.2) is 0 Å². The molecule has 0 saturated carbocycles. The second-order valence-corrected chi connectivity index (χ2v) is 6.70. The summed E-state index contributed by atoms with van der Waals surface area (Å²) in [6.07, 6.45) is 4.64. The molecular weight excluding hydrogens is 268 g/mol. The number of nitrogens with two attached hydrogens (primary N) is 1. The van der Waals surface area contributed by atoms with Gasteiger partial charge in [-0.05, 0) is 33.1 Å². The third-order valence-corrected chi connectivity index (χ3v) is 5.30. The van der Waals surface area contributed by atoms with Crippen LogP contribution in [0.15, 0.2) is 0 Å². The van der Waals surface area contributed by atoms with Gasteiger partial charge in [0.25, 0.3) is 0 Å². The van der Waals surface area contributed by atoms with Crippen molar-refractivity contribution in [3.8, 4) is 0 Å². The number of amides is 3. The van der Waals surface area contributed by atoms with Crippen molar-refractivity contribution in [2.45, 2.75) is 50.7 Å². The zero-order valence-electron chi connectivity index (χ0n) is 12.9. The molecule has 0 spiro atoms. The van der Waals surface area contributed by atoms with Gasteiger partial charge in [-0.15, -0.1) is 0 Å². The molecule has 0 aromatic carbocycles. The lowest BCUT2D eigenvalue weighted by Crippen LogP contribution is -2.53. The van der Waals surface area contributed by atoms with E-state index in [1.165, 1.54) is 0 Å². The molecule has 3 rings (SSSR count). The van der Waals surface area contributed by atoms with E-state index >= 15 is 0 Å². The van der Waals surface area contributed by atoms with Crippen molar-refractivity contribution in [3.05, 3.63) is 6.42 Å². The predicted octanol–water partition coefficient (Wildman–Crippen LogP) is 0.429. The Morgan fingerprint density at radius 1 is 1.33 bits per heavy atom. The molecule has 6 heteroatoms. The highest BCUT2D eigenvalue weighted by Gasteiger charge is 2.57. The molecule has 21 heavy (non-hydrogen) atoms. The molecule has 0 aromatic rings. The topological polar surface area (TPSA) is 69.9 Å². The number of urea groups is 1. The second kappa shape index (κ2) is 5.16. The van der Waals surface area contributed by atoms with E-state index in [0.717, 1.165) is 32.4 Å². The van der Waals surface area contributed by atoms with Crippen LogP contribution in [-0.4, -0.2) is 70.4 Å². The Morgan fingerprint density at radius 2 is 2.00 bits per heavy atom. The SMILES string of the molecule is CC(C)N1CCC(N2C[C@@]3(C(N)=O)[CH]CCN3C2=O)CC1. The van der Waals surface area contributed by atoms with Gasteiger partial charge in [0.05, 0.1) is 6.54 Å². The third kappa shape index (κ3) is 2.20. The van der Waals surface area contributed by atoms with Crippen molar-refractivity contribution in [3.63, 3.8) is 0 Å². The summed E-state index contributed by atoms with van der Waals surface area (Å²) in [6.45, 7) is 7.48. The Labute approximate surface area is 126 Å². The fourth-order valence-corrected chi connectivity index (χ4v) is 3.95. The summed E-state index contributed by atoms with van der Waals surface area (Å²) >= 11 is 0. The Balaban J connectivity index is 1.71. The van der Waals surface area contributed by atoms with Gasteiger partial charge in [0.2, 0.25) is 5.91 Å². The number of likely N-dealkylation sites (tertiary alicyclic amines) is 1. The molecule has 3 aliphatic heterocycles. The van der Waals surface area contributed by atoms with Gasteiger partial charge in [-0.1, -0.05) is 0 Å². The Bertz CT molecular complexity index is 445. The third-order valence-electron chi connectivity index (χ3n) is 5.30. The number of hydrogen-bond donors (Lipinski definition) is 1. The van der Waals surface area contributed by atoms with Crippen LogP contribution in [0.2, 0.25) is 0 Å². The first-order chi connectivity index (χ1) is 9.95. The first-order valence-electron chi connectivity index (χ1n) is 7.92. The molecule has 117 valence electrons. The van der Waals surface area contributed by atoms with Crippen molar-refractivity contribution in [2.24, 2.45) is 5.73 Å². The van der Waals surface area contributed by atoms with E-state index in [1.807, 2.05) is 11.3 Å². The zero-order valence-corrected chi connectivity index (χ0v) is 12.9. The summed E-state index contributed by atoms with van der Waals surface area (Å²) in [4.78, 5) is 30.5. The lowest BCUT2D eigenvalue weighted by atomic mass is 9.95. The summed E-state index contributed by atoms with van der Waals surface area (Å²) < 4.78 is 0. The summed E-state index contributed by atoms with van der Waals surface area (Å²) in [5.74, 6) is -0.393. The number of carbonyl (C=O) groups is 2. The minimum absolute atomic E-state index is 0.00875. The lowest BCUT2D eigenvalue weighted by Gasteiger charge is -2.38. The van der Waals surface area contributed by atoms with Crippen LogP contribution >= 0.6 is 0 Å². The van der Waals surface area contributed by atoms with E-state index in [-0.39, 0.29) is 12.1 Å². The van der Waals surface area contributed by atoms with Crippen molar-refractivity contribution >= 4 is 11.9 Å². The van der Waals surface area contributed by atoms with Gasteiger partial charge in [-0.25, -0.2) is 4.79 Å². The van der Waals surface area contributed by atoms with Crippen LogP contribution in [0.3, 0.4) is 0 Å². The average Bonchev–Trinajstić information content (AvgIpc) is 2.99. The lowest BCUT2D eigenvalue weighted by molar-refractivity contribution is -0.124. The van der Waals surface area contributed by atoms with Gasteiger partial charge >= 0.3 is 6.03 Å². The highest BCUT2D eigenvalue weighted by molar-refractivity contribution is 5.95. The molecule has 0 unspecified atom stereocenters. The van der Waals surface area contributed by atoms with Crippen LogP contribution < -0.4 is 5.73 Å². The number of piperidine rings is 1. The molecule has 0 bridgehead atoms. The molecule has 1 radical (unpaired) electrons. The highest BCUT2D eigenvalue weighted by atomic mass is 16.2. The molecule has 3 aliphatic rings. The van der Waals surface area contributed by atoms with Gasteiger partial charge in [0, 0.05) is 38.1 Å². The van der Waals surface area contributed by atoms with Crippen LogP contribution in [-0.2, 0) is 4.79 Å². The smallest absolute Gasteiger partial charge is 0.321 e. The quantitative estimate of drug-likeness (QED) is 0.820. The van der Waals surface area contributed by atoms with E-state index < -0.39 is 11.4 Å². The van der Waals surface area contributed by atoms with E-state index in [1.54, 1.807) is 4.90 Å². The molecule has 3 saturated heterocycles. The van der Waals surface area contributed by atoms with E-state index in [4.69, 9.17) is 5.73 Å². The van der Waals surface area contributed by atoms with E-state index in [2.05, 4.69) is 18.7 Å². The normalized spacial score (nSPS) is 31.3. The zero-order chi connectivity index (χ0) is 15.2. The summed E-state index contributed by atoms with van der Waals surface area (Å²) in [5, 5.41) is 0. The first-order valence-corrected chi connectivity index (χ1v) is 7.92. The number of carbonyl (C=O) groups excluding carboxylic acids is 2. The van der Waals surface area contributed by atoms with E-state index in [9.17, 15) is 9.59 Å². The van der Waals surface area contributed by atoms with Crippen molar-refractivity contribution < 1.29 is 9.59 Å². The number of hydrogen-bond acceptors (Lipinski definition) is 3. The van der Waals surface area contributed by atoms with Gasteiger partial charge in [-0.2, -0.15) is 0 Å². The number of fused-ring (bicyclic) bond motifs is 1. The molecule has 0 aliphatic carbocycles. The minimum atomic E-state index is -0.855. The maximum absolute atomic E-state index is 12.6. The minimum Gasteiger partial charge on any atom is -0.368 e.